The third-order valence-corrected chi connectivity index (χ3v) is 3.31. The summed E-state index contributed by atoms with van der Waals surface area (Å²) in [5.41, 5.74) is 0.0754. The van der Waals surface area contributed by atoms with Gasteiger partial charge in [-0.25, -0.2) is 0 Å². The van der Waals surface area contributed by atoms with E-state index >= 15 is 0 Å². The van der Waals surface area contributed by atoms with Gasteiger partial charge in [0.05, 0.1) is 11.2 Å². The lowest BCUT2D eigenvalue weighted by Crippen LogP contribution is -2.37. The summed E-state index contributed by atoms with van der Waals surface area (Å²) in [7, 11) is 0. The minimum absolute atomic E-state index is 0.584. The molecule has 16 heavy (non-hydrogen) atoms. The Hall–Kier alpha value is -0.890. The highest BCUT2D eigenvalue weighted by Gasteiger charge is 2.17. The van der Waals surface area contributed by atoms with E-state index in [4.69, 9.17) is 5.26 Å². The summed E-state index contributed by atoms with van der Waals surface area (Å²) in [4.78, 5) is 1.13. The molecule has 3 nitrogen and oxygen atoms in total. The Bertz CT molecular complexity index is 365. The Morgan fingerprint density at radius 1 is 1.62 bits per heavy atom. The predicted molar refractivity (Wildman–Crippen MR) is 66.3 cm³/mol. The van der Waals surface area contributed by atoms with E-state index in [1.807, 2.05) is 18.4 Å². The van der Waals surface area contributed by atoms with Crippen LogP contribution in [0.3, 0.4) is 0 Å². The molecule has 1 aromatic rings. The van der Waals surface area contributed by atoms with E-state index in [0.717, 1.165) is 17.7 Å². The second-order valence-electron chi connectivity index (χ2n) is 4.26. The SMILES string of the molecule is CCCC(C)(O)CNCc1cc(C#N)cs1. The average Bonchev–Trinajstić information content (AvgIpc) is 2.65. The van der Waals surface area contributed by atoms with Crippen LogP contribution in [0.15, 0.2) is 11.4 Å². The molecule has 0 amide bonds. The maximum absolute atomic E-state index is 9.93. The fourth-order valence-electron chi connectivity index (χ4n) is 1.61. The minimum Gasteiger partial charge on any atom is -0.389 e. The summed E-state index contributed by atoms with van der Waals surface area (Å²) in [6, 6.07) is 3.99. The number of hydrogen-bond acceptors (Lipinski definition) is 4. The molecule has 0 aromatic carbocycles. The second-order valence-corrected chi connectivity index (χ2v) is 5.26. The van der Waals surface area contributed by atoms with Gasteiger partial charge in [0, 0.05) is 23.3 Å². The van der Waals surface area contributed by atoms with Crippen molar-refractivity contribution in [2.24, 2.45) is 0 Å². The third-order valence-electron chi connectivity index (χ3n) is 2.38. The van der Waals surface area contributed by atoms with Gasteiger partial charge in [0.1, 0.15) is 6.07 Å². The fourth-order valence-corrected chi connectivity index (χ4v) is 2.39. The molecule has 1 aromatic heterocycles. The number of nitriles is 1. The molecule has 0 radical (unpaired) electrons. The molecule has 0 aliphatic carbocycles. The number of aliphatic hydroxyl groups is 1. The molecule has 1 heterocycles. The standard InChI is InChI=1S/C12H18N2OS/c1-3-4-12(2,15)9-14-7-11-5-10(6-13)8-16-11/h5,8,14-15H,3-4,7,9H2,1-2H3. The molecule has 0 saturated heterocycles. The highest BCUT2D eigenvalue weighted by molar-refractivity contribution is 7.10. The van der Waals surface area contributed by atoms with Crippen LogP contribution in [0, 0.1) is 11.3 Å². The van der Waals surface area contributed by atoms with Crippen molar-refractivity contribution in [1.29, 1.82) is 5.26 Å². The van der Waals surface area contributed by atoms with Crippen LogP contribution in [0.2, 0.25) is 0 Å². The van der Waals surface area contributed by atoms with Crippen LogP contribution >= 0.6 is 11.3 Å². The molecule has 2 N–H and O–H groups in total. The first-order valence-corrected chi connectivity index (χ1v) is 6.36. The third kappa shape index (κ3) is 4.31. The highest BCUT2D eigenvalue weighted by Crippen LogP contribution is 2.14. The lowest BCUT2D eigenvalue weighted by molar-refractivity contribution is 0.0498. The number of thiophene rings is 1. The van der Waals surface area contributed by atoms with Crippen LogP contribution in [0.1, 0.15) is 37.1 Å². The molecule has 4 heteroatoms. The number of nitrogens with zero attached hydrogens (tertiary/aromatic N) is 1. The Labute approximate surface area is 101 Å². The van der Waals surface area contributed by atoms with Crippen molar-refractivity contribution in [2.75, 3.05) is 6.54 Å². The summed E-state index contributed by atoms with van der Waals surface area (Å²) >= 11 is 1.57. The average molecular weight is 238 g/mol. The lowest BCUT2D eigenvalue weighted by atomic mass is 10.0. The molecule has 0 saturated carbocycles. The summed E-state index contributed by atoms with van der Waals surface area (Å²) in [6.07, 6.45) is 1.78. The lowest BCUT2D eigenvalue weighted by Gasteiger charge is -2.22. The van der Waals surface area contributed by atoms with E-state index in [2.05, 4.69) is 18.3 Å². The predicted octanol–water partition coefficient (Wildman–Crippen LogP) is 2.26. The normalized spacial score (nSPS) is 14.4. The first-order valence-electron chi connectivity index (χ1n) is 5.48. The largest absolute Gasteiger partial charge is 0.389 e. The van der Waals surface area contributed by atoms with E-state index in [-0.39, 0.29) is 0 Å². The van der Waals surface area contributed by atoms with Crippen molar-refractivity contribution in [3.63, 3.8) is 0 Å². The van der Waals surface area contributed by atoms with Crippen LogP contribution < -0.4 is 5.32 Å². The van der Waals surface area contributed by atoms with Crippen LogP contribution in [0.4, 0.5) is 0 Å². The topological polar surface area (TPSA) is 56.0 Å². The van der Waals surface area contributed by atoms with Gasteiger partial charge in [0.15, 0.2) is 0 Å². The number of hydrogen-bond donors (Lipinski definition) is 2. The van der Waals surface area contributed by atoms with E-state index in [0.29, 0.717) is 18.7 Å². The zero-order valence-electron chi connectivity index (χ0n) is 9.79. The van der Waals surface area contributed by atoms with Gasteiger partial charge in [-0.15, -0.1) is 11.3 Å². The monoisotopic (exact) mass is 238 g/mol. The van der Waals surface area contributed by atoms with E-state index in [1.54, 1.807) is 11.3 Å². The van der Waals surface area contributed by atoms with Crippen molar-refractivity contribution < 1.29 is 5.11 Å². The molecular formula is C12H18N2OS. The van der Waals surface area contributed by atoms with Gasteiger partial charge >= 0.3 is 0 Å². The molecule has 0 aliphatic heterocycles. The van der Waals surface area contributed by atoms with Crippen LogP contribution in [-0.4, -0.2) is 17.3 Å². The maximum atomic E-state index is 9.93. The summed E-state index contributed by atoms with van der Waals surface area (Å²) in [5, 5.41) is 23.7. The van der Waals surface area contributed by atoms with Crippen molar-refractivity contribution in [3.05, 3.63) is 21.9 Å². The molecule has 0 bridgehead atoms. The summed E-state index contributed by atoms with van der Waals surface area (Å²) in [6.45, 7) is 5.21. The van der Waals surface area contributed by atoms with Gasteiger partial charge in [0.2, 0.25) is 0 Å². The van der Waals surface area contributed by atoms with Crippen molar-refractivity contribution >= 4 is 11.3 Å². The zero-order chi connectivity index (χ0) is 12.0. The smallest absolute Gasteiger partial charge is 0.100 e. The molecule has 1 unspecified atom stereocenters. The van der Waals surface area contributed by atoms with Gasteiger partial charge < -0.3 is 10.4 Å². The molecular weight excluding hydrogens is 220 g/mol. The van der Waals surface area contributed by atoms with E-state index in [1.165, 1.54) is 0 Å². The van der Waals surface area contributed by atoms with Gasteiger partial charge in [-0.05, 0) is 19.4 Å². The van der Waals surface area contributed by atoms with E-state index < -0.39 is 5.60 Å². The van der Waals surface area contributed by atoms with Gasteiger partial charge in [-0.1, -0.05) is 13.3 Å². The summed E-state index contributed by atoms with van der Waals surface area (Å²) < 4.78 is 0. The van der Waals surface area contributed by atoms with Crippen LogP contribution in [0.5, 0.6) is 0 Å². The molecule has 0 aliphatic rings. The molecule has 1 rings (SSSR count). The van der Waals surface area contributed by atoms with Crippen molar-refractivity contribution in [3.8, 4) is 6.07 Å². The highest BCUT2D eigenvalue weighted by atomic mass is 32.1. The van der Waals surface area contributed by atoms with Crippen LogP contribution in [-0.2, 0) is 6.54 Å². The first kappa shape index (κ1) is 13.2. The van der Waals surface area contributed by atoms with E-state index in [9.17, 15) is 5.11 Å². The molecule has 1 atom stereocenters. The van der Waals surface area contributed by atoms with Gasteiger partial charge in [0.25, 0.3) is 0 Å². The zero-order valence-corrected chi connectivity index (χ0v) is 10.6. The maximum Gasteiger partial charge on any atom is 0.100 e. The van der Waals surface area contributed by atoms with Crippen molar-refractivity contribution in [2.45, 2.75) is 38.8 Å². The Morgan fingerprint density at radius 3 is 2.94 bits per heavy atom. The minimum atomic E-state index is -0.635. The fraction of sp³-hybridized carbons (Fsp3) is 0.583. The first-order chi connectivity index (χ1) is 7.57. The molecule has 0 fully saturated rings. The van der Waals surface area contributed by atoms with Gasteiger partial charge in [-0.2, -0.15) is 5.26 Å². The Kier molecular flexibility index (Phi) is 4.94. The Morgan fingerprint density at radius 2 is 2.38 bits per heavy atom. The number of rotatable bonds is 6. The second kappa shape index (κ2) is 6.00. The molecule has 88 valence electrons. The molecule has 0 spiro atoms. The van der Waals surface area contributed by atoms with Crippen LogP contribution in [0.25, 0.3) is 0 Å². The summed E-state index contributed by atoms with van der Waals surface area (Å²) in [5.74, 6) is 0. The quantitative estimate of drug-likeness (QED) is 0.799. The Balaban J connectivity index is 2.33. The van der Waals surface area contributed by atoms with Crippen molar-refractivity contribution in [1.82, 2.24) is 5.32 Å². The van der Waals surface area contributed by atoms with Gasteiger partial charge in [-0.3, -0.25) is 0 Å². The number of nitrogens with one attached hydrogen (secondary N) is 1.